The third-order valence-electron chi connectivity index (χ3n) is 8.90. The van der Waals surface area contributed by atoms with E-state index in [1.165, 1.54) is 11.3 Å². The maximum absolute atomic E-state index is 13.2. The van der Waals surface area contributed by atoms with Crippen LogP contribution in [0, 0.1) is 16.7 Å². The number of aromatic nitrogens is 1. The second kappa shape index (κ2) is 11.0. The number of carbonyl (C=O) groups excluding carboxylic acids is 2. The summed E-state index contributed by atoms with van der Waals surface area (Å²) in [7, 11) is 1.58. The van der Waals surface area contributed by atoms with E-state index in [-0.39, 0.29) is 42.1 Å². The van der Waals surface area contributed by atoms with Crippen molar-refractivity contribution < 1.29 is 24.5 Å². The van der Waals surface area contributed by atoms with Gasteiger partial charge in [-0.15, -0.1) is 22.7 Å². The number of thiophene rings is 1. The van der Waals surface area contributed by atoms with Gasteiger partial charge in [-0.25, -0.2) is 4.98 Å². The highest BCUT2D eigenvalue weighted by Gasteiger charge is 2.59. The van der Waals surface area contributed by atoms with Crippen molar-refractivity contribution in [1.82, 2.24) is 10.3 Å². The molecule has 10 heteroatoms. The number of benzene rings is 1. The van der Waals surface area contributed by atoms with Gasteiger partial charge in [0, 0.05) is 33.1 Å². The lowest BCUT2D eigenvalue weighted by Gasteiger charge is -2.58. The second-order valence-electron chi connectivity index (χ2n) is 11.1. The van der Waals surface area contributed by atoms with Crippen molar-refractivity contribution >= 4 is 39.6 Å². The van der Waals surface area contributed by atoms with Crippen molar-refractivity contribution in [2.75, 3.05) is 19.0 Å². The van der Waals surface area contributed by atoms with Gasteiger partial charge in [0.05, 0.1) is 32.1 Å². The number of carbonyl (C=O) groups is 2. The number of thiazole rings is 1. The lowest BCUT2D eigenvalue weighted by atomic mass is 9.47. The van der Waals surface area contributed by atoms with Gasteiger partial charge in [-0.1, -0.05) is 19.9 Å². The van der Waals surface area contributed by atoms with Crippen LogP contribution in [0.25, 0.3) is 0 Å². The first-order valence-electron chi connectivity index (χ1n) is 13.2. The number of amides is 2. The van der Waals surface area contributed by atoms with Crippen molar-refractivity contribution in [3.63, 3.8) is 0 Å². The number of aliphatic hydroxyl groups is 2. The Labute approximate surface area is 236 Å². The molecule has 208 valence electrons. The highest BCUT2D eigenvalue weighted by atomic mass is 32.1. The monoisotopic (exact) mass is 569 g/mol. The van der Waals surface area contributed by atoms with Gasteiger partial charge in [0.25, 0.3) is 5.91 Å². The molecule has 5 rings (SSSR count). The molecule has 0 spiro atoms. The number of aliphatic hydroxyl groups excluding tert-OH is 2. The molecule has 5 atom stereocenters. The normalized spacial score (nSPS) is 27.8. The summed E-state index contributed by atoms with van der Waals surface area (Å²) in [4.78, 5) is 33.2. The van der Waals surface area contributed by atoms with E-state index in [1.807, 2.05) is 24.4 Å². The van der Waals surface area contributed by atoms with Crippen molar-refractivity contribution in [3.8, 4) is 5.75 Å². The van der Waals surface area contributed by atoms with Gasteiger partial charge < -0.3 is 20.3 Å². The number of ether oxygens (including phenoxy) is 1. The third kappa shape index (κ3) is 5.23. The van der Waals surface area contributed by atoms with E-state index in [4.69, 9.17) is 9.72 Å². The zero-order valence-electron chi connectivity index (χ0n) is 22.4. The van der Waals surface area contributed by atoms with Crippen molar-refractivity contribution in [3.05, 3.63) is 62.8 Å². The average Bonchev–Trinajstić information content (AvgIpc) is 3.61. The Kier molecular flexibility index (Phi) is 7.83. The van der Waals surface area contributed by atoms with Crippen LogP contribution in [0.4, 0.5) is 5.13 Å². The molecule has 0 aliphatic heterocycles. The van der Waals surface area contributed by atoms with Crippen LogP contribution in [0.2, 0.25) is 0 Å². The maximum Gasteiger partial charge on any atom is 0.257 e. The van der Waals surface area contributed by atoms with Crippen LogP contribution in [0.15, 0.2) is 41.8 Å². The van der Waals surface area contributed by atoms with Gasteiger partial charge in [-0.05, 0) is 66.3 Å². The van der Waals surface area contributed by atoms with Crippen molar-refractivity contribution in [1.29, 1.82) is 0 Å². The van der Waals surface area contributed by atoms with Crippen molar-refractivity contribution in [2.45, 2.75) is 58.1 Å². The summed E-state index contributed by atoms with van der Waals surface area (Å²) in [5.41, 5.74) is 0.277. The Morgan fingerprint density at radius 3 is 2.64 bits per heavy atom. The van der Waals surface area contributed by atoms with Crippen LogP contribution in [-0.4, -0.2) is 46.8 Å². The van der Waals surface area contributed by atoms with Crippen molar-refractivity contribution in [2.24, 2.45) is 16.7 Å². The van der Waals surface area contributed by atoms with Crippen LogP contribution in [-0.2, 0) is 17.8 Å². The average molecular weight is 570 g/mol. The molecular weight excluding hydrogens is 534 g/mol. The number of anilines is 1. The van der Waals surface area contributed by atoms with E-state index < -0.39 is 11.5 Å². The molecule has 0 radical (unpaired) electrons. The molecule has 4 N–H and O–H groups in total. The van der Waals surface area contributed by atoms with Crippen LogP contribution >= 0.6 is 22.7 Å². The molecular formula is C29H35N3O5S2. The van der Waals surface area contributed by atoms with E-state index in [9.17, 15) is 19.8 Å². The standard InChI is InChI=1S/C29H35N3O5S2/c1-28-11-10-23(34)29(2,16-33)22(28)14-21-25(20(28)13-24(35)30-15-19-5-4-12-38-19)31-27(39-21)32-26(36)17-6-8-18(37-3)9-7-17/h4-9,12,20,22-23,33-34H,10-11,13-16H2,1-3H3,(H,30,35)(H,31,32,36)/t20?,22?,23?,28-,29-/m0/s1. The minimum absolute atomic E-state index is 0.0491. The molecule has 1 fully saturated rings. The molecule has 39 heavy (non-hydrogen) atoms. The number of fused-ring (bicyclic) bond motifs is 2. The molecule has 3 unspecified atom stereocenters. The third-order valence-corrected chi connectivity index (χ3v) is 10.8. The number of hydrogen-bond acceptors (Lipinski definition) is 8. The molecule has 2 aliphatic rings. The minimum atomic E-state index is -0.702. The Hall–Kier alpha value is -2.79. The van der Waals surface area contributed by atoms with Crippen LogP contribution < -0.4 is 15.4 Å². The number of hydrogen-bond donors (Lipinski definition) is 4. The molecule has 2 aromatic heterocycles. The molecule has 0 saturated heterocycles. The van der Waals surface area contributed by atoms with Crippen LogP contribution in [0.3, 0.4) is 0 Å². The summed E-state index contributed by atoms with van der Waals surface area (Å²) in [6.07, 6.45) is 1.53. The molecule has 2 amide bonds. The molecule has 0 bridgehead atoms. The van der Waals surface area contributed by atoms with E-state index in [2.05, 4.69) is 17.6 Å². The molecule has 2 heterocycles. The minimum Gasteiger partial charge on any atom is -0.497 e. The summed E-state index contributed by atoms with van der Waals surface area (Å²) < 4.78 is 5.18. The fourth-order valence-electron chi connectivity index (χ4n) is 6.47. The fraction of sp³-hybridized carbons (Fsp3) is 0.483. The Morgan fingerprint density at radius 1 is 1.21 bits per heavy atom. The predicted molar refractivity (Wildman–Crippen MR) is 152 cm³/mol. The van der Waals surface area contributed by atoms with E-state index >= 15 is 0 Å². The van der Waals surface area contributed by atoms with Gasteiger partial charge in [0.1, 0.15) is 5.75 Å². The Morgan fingerprint density at radius 2 is 1.97 bits per heavy atom. The highest BCUT2D eigenvalue weighted by Crippen LogP contribution is 2.62. The van der Waals surface area contributed by atoms with E-state index in [1.54, 1.807) is 42.7 Å². The zero-order chi connectivity index (χ0) is 27.8. The molecule has 2 aliphatic carbocycles. The maximum atomic E-state index is 13.2. The lowest BCUT2D eigenvalue weighted by Crippen LogP contribution is -2.57. The lowest BCUT2D eigenvalue weighted by molar-refractivity contribution is -0.144. The fourth-order valence-corrected chi connectivity index (χ4v) is 8.18. The summed E-state index contributed by atoms with van der Waals surface area (Å²) in [5, 5.41) is 29.9. The highest BCUT2D eigenvalue weighted by molar-refractivity contribution is 7.16. The second-order valence-corrected chi connectivity index (χ2v) is 13.2. The zero-order valence-corrected chi connectivity index (χ0v) is 24.0. The van der Waals surface area contributed by atoms with E-state index in [0.717, 1.165) is 21.9 Å². The summed E-state index contributed by atoms with van der Waals surface area (Å²) in [5.74, 6) is 0.0762. The van der Waals surface area contributed by atoms with Crippen LogP contribution in [0.1, 0.15) is 64.8 Å². The summed E-state index contributed by atoms with van der Waals surface area (Å²) >= 11 is 3.01. The smallest absolute Gasteiger partial charge is 0.257 e. The largest absolute Gasteiger partial charge is 0.497 e. The molecule has 1 aromatic carbocycles. The van der Waals surface area contributed by atoms with E-state index in [0.29, 0.717) is 35.8 Å². The molecule has 3 aromatic rings. The van der Waals surface area contributed by atoms with Gasteiger partial charge in [-0.2, -0.15) is 0 Å². The Bertz CT molecular complexity index is 1330. The number of nitrogens with one attached hydrogen (secondary N) is 2. The first-order valence-corrected chi connectivity index (χ1v) is 14.9. The summed E-state index contributed by atoms with van der Waals surface area (Å²) in [6, 6.07) is 10.8. The first kappa shape index (κ1) is 27.8. The molecule has 8 nitrogen and oxygen atoms in total. The van der Waals surface area contributed by atoms with Gasteiger partial charge >= 0.3 is 0 Å². The summed E-state index contributed by atoms with van der Waals surface area (Å²) in [6.45, 7) is 4.46. The van der Waals surface area contributed by atoms with Gasteiger partial charge in [0.2, 0.25) is 5.91 Å². The predicted octanol–water partition coefficient (Wildman–Crippen LogP) is 4.59. The number of rotatable bonds is 8. The van der Waals surface area contributed by atoms with Gasteiger partial charge in [0.15, 0.2) is 5.13 Å². The van der Waals surface area contributed by atoms with Crippen LogP contribution in [0.5, 0.6) is 5.75 Å². The SMILES string of the molecule is COc1ccc(C(=O)Nc2nc3c(s2)CC2[C@@](C)(CCC(O)[C@@]2(C)CO)C3CC(=O)NCc2cccs2)cc1. The number of methoxy groups -OCH3 is 1. The first-order chi connectivity index (χ1) is 18.7. The quantitative estimate of drug-likeness (QED) is 0.315. The van der Waals surface area contributed by atoms with Gasteiger partial charge in [-0.3, -0.25) is 14.9 Å². The Balaban J connectivity index is 1.44. The molecule has 1 saturated carbocycles. The number of nitrogens with zero attached hydrogens (tertiary/aromatic N) is 1. The topological polar surface area (TPSA) is 121 Å².